The molecule has 0 aromatic heterocycles. The van der Waals surface area contributed by atoms with Crippen LogP contribution in [0.4, 0.5) is 11.4 Å². The van der Waals surface area contributed by atoms with Crippen molar-refractivity contribution in [2.45, 2.75) is 33.1 Å². The summed E-state index contributed by atoms with van der Waals surface area (Å²) in [6.07, 6.45) is 0.800. The van der Waals surface area contributed by atoms with Crippen LogP contribution >= 0.6 is 0 Å². The van der Waals surface area contributed by atoms with Crippen LogP contribution in [0.3, 0.4) is 0 Å². The summed E-state index contributed by atoms with van der Waals surface area (Å²) in [4.78, 5) is 36.4. The van der Waals surface area contributed by atoms with Crippen molar-refractivity contribution in [1.82, 2.24) is 0 Å². The molecule has 0 saturated carbocycles. The number of ether oxygens (including phenoxy) is 2. The van der Waals surface area contributed by atoms with Gasteiger partial charge in [-0.2, -0.15) is 0 Å². The average Bonchev–Trinajstić information content (AvgIpc) is 2.73. The molecule has 7 nitrogen and oxygen atoms in total. The molecule has 0 fully saturated rings. The van der Waals surface area contributed by atoms with Crippen molar-refractivity contribution >= 4 is 29.2 Å². The van der Waals surface area contributed by atoms with Gasteiger partial charge in [0.05, 0.1) is 18.7 Å². The molecule has 7 heteroatoms. The van der Waals surface area contributed by atoms with Gasteiger partial charge in [0.15, 0.2) is 6.61 Å². The minimum Gasteiger partial charge on any atom is -0.495 e. The van der Waals surface area contributed by atoms with Gasteiger partial charge in [0.2, 0.25) is 5.91 Å². The fourth-order valence-corrected chi connectivity index (χ4v) is 3.09. The molecule has 0 radical (unpaired) electrons. The highest BCUT2D eigenvalue weighted by Gasteiger charge is 2.27. The van der Waals surface area contributed by atoms with Gasteiger partial charge in [0.25, 0.3) is 5.91 Å². The van der Waals surface area contributed by atoms with Crippen LogP contribution in [0.25, 0.3) is 0 Å². The van der Waals surface area contributed by atoms with Crippen molar-refractivity contribution in [2.75, 3.05) is 24.4 Å². The molecule has 0 aliphatic rings. The van der Waals surface area contributed by atoms with Crippen LogP contribution in [0.5, 0.6) is 5.75 Å². The summed E-state index contributed by atoms with van der Waals surface area (Å²) in [5.74, 6) is -1.13. The predicted molar refractivity (Wildman–Crippen MR) is 116 cm³/mol. The van der Waals surface area contributed by atoms with Gasteiger partial charge in [-0.15, -0.1) is 0 Å². The molecule has 2 amide bonds. The highest BCUT2D eigenvalue weighted by Crippen LogP contribution is 2.29. The third-order valence-electron chi connectivity index (χ3n) is 4.77. The largest absolute Gasteiger partial charge is 0.495 e. The molecule has 0 aliphatic carbocycles. The topological polar surface area (TPSA) is 93.7 Å². The third-order valence-corrected chi connectivity index (χ3v) is 4.77. The number of hydrogen-bond acceptors (Lipinski definition) is 5. The van der Waals surface area contributed by atoms with Gasteiger partial charge in [-0.3, -0.25) is 14.4 Å². The highest BCUT2D eigenvalue weighted by atomic mass is 16.5. The van der Waals surface area contributed by atoms with E-state index in [0.29, 0.717) is 17.1 Å². The van der Waals surface area contributed by atoms with Crippen molar-refractivity contribution < 1.29 is 23.9 Å². The molecule has 0 saturated heterocycles. The fourth-order valence-electron chi connectivity index (χ4n) is 3.09. The maximum atomic E-state index is 12.7. The van der Waals surface area contributed by atoms with E-state index in [0.717, 1.165) is 12.0 Å². The number of anilines is 2. The van der Waals surface area contributed by atoms with Crippen LogP contribution < -0.4 is 15.4 Å². The van der Waals surface area contributed by atoms with Gasteiger partial charge >= 0.3 is 5.97 Å². The standard InChI is InChI=1S/C23H28N2O5/c1-5-15(2)22(17-9-7-6-8-10-17)23(28)30-14-21(27)25-19-13-18(24-16(3)26)11-12-20(19)29-4/h6-13,15,22H,5,14H2,1-4H3,(H,24,26)(H,25,27)/t15-,22+/m1/s1. The molecule has 160 valence electrons. The van der Waals surface area contributed by atoms with Crippen molar-refractivity contribution in [2.24, 2.45) is 5.92 Å². The van der Waals surface area contributed by atoms with Crippen molar-refractivity contribution in [1.29, 1.82) is 0 Å². The lowest BCUT2D eigenvalue weighted by Crippen LogP contribution is -2.27. The van der Waals surface area contributed by atoms with Gasteiger partial charge in [-0.25, -0.2) is 0 Å². The molecule has 2 rings (SSSR count). The summed E-state index contributed by atoms with van der Waals surface area (Å²) in [6.45, 7) is 4.96. The molecule has 2 N–H and O–H groups in total. The molecule has 0 spiro atoms. The Morgan fingerprint density at radius 3 is 2.33 bits per heavy atom. The Balaban J connectivity index is 2.05. The quantitative estimate of drug-likeness (QED) is 0.608. The second-order valence-corrected chi connectivity index (χ2v) is 7.03. The van der Waals surface area contributed by atoms with E-state index in [1.54, 1.807) is 18.2 Å². The lowest BCUT2D eigenvalue weighted by atomic mass is 9.86. The Morgan fingerprint density at radius 2 is 1.73 bits per heavy atom. The first kappa shape index (κ1) is 22.9. The van der Waals surface area contributed by atoms with E-state index in [9.17, 15) is 14.4 Å². The number of rotatable bonds is 9. The number of esters is 1. The number of methoxy groups -OCH3 is 1. The maximum Gasteiger partial charge on any atom is 0.314 e. The Hall–Kier alpha value is -3.35. The summed E-state index contributed by atoms with van der Waals surface area (Å²) >= 11 is 0. The Kier molecular flexibility index (Phi) is 8.41. The summed E-state index contributed by atoms with van der Waals surface area (Å²) in [5, 5.41) is 5.30. The van der Waals surface area contributed by atoms with E-state index in [1.165, 1.54) is 14.0 Å². The molecule has 2 atom stereocenters. The number of benzene rings is 2. The van der Waals surface area contributed by atoms with Crippen LogP contribution in [0.1, 0.15) is 38.7 Å². The van der Waals surface area contributed by atoms with Crippen molar-refractivity contribution in [3.05, 3.63) is 54.1 Å². The van der Waals surface area contributed by atoms with E-state index in [4.69, 9.17) is 9.47 Å². The minimum absolute atomic E-state index is 0.0670. The van der Waals surface area contributed by atoms with E-state index in [2.05, 4.69) is 10.6 Å². The van der Waals surface area contributed by atoms with Gasteiger partial charge in [0.1, 0.15) is 5.75 Å². The SMILES string of the molecule is CC[C@@H](C)[C@H](C(=O)OCC(=O)Nc1cc(NC(C)=O)ccc1OC)c1ccccc1. The number of hydrogen-bond donors (Lipinski definition) is 2. The number of carbonyl (C=O) groups is 3. The van der Waals surface area contributed by atoms with Crippen molar-refractivity contribution in [3.63, 3.8) is 0 Å². The first-order valence-corrected chi connectivity index (χ1v) is 9.82. The lowest BCUT2D eigenvalue weighted by Gasteiger charge is -2.22. The van der Waals surface area contributed by atoms with E-state index < -0.39 is 24.4 Å². The zero-order valence-corrected chi connectivity index (χ0v) is 17.7. The van der Waals surface area contributed by atoms with Gasteiger partial charge in [-0.1, -0.05) is 50.6 Å². The van der Waals surface area contributed by atoms with E-state index in [1.807, 2.05) is 44.2 Å². The van der Waals surface area contributed by atoms with Crippen LogP contribution in [0, 0.1) is 5.92 Å². The third kappa shape index (κ3) is 6.34. The zero-order valence-electron chi connectivity index (χ0n) is 17.7. The van der Waals surface area contributed by atoms with Crippen LogP contribution in [-0.4, -0.2) is 31.5 Å². The van der Waals surface area contributed by atoms with E-state index in [-0.39, 0.29) is 11.8 Å². The number of amides is 2. The van der Waals surface area contributed by atoms with Crippen LogP contribution in [-0.2, 0) is 19.1 Å². The van der Waals surface area contributed by atoms with Crippen molar-refractivity contribution in [3.8, 4) is 5.75 Å². The minimum atomic E-state index is -0.502. The summed E-state index contributed by atoms with van der Waals surface area (Å²) in [6, 6.07) is 14.3. The molecule has 0 heterocycles. The Bertz CT molecular complexity index is 882. The Labute approximate surface area is 176 Å². The Morgan fingerprint density at radius 1 is 1.03 bits per heavy atom. The zero-order chi connectivity index (χ0) is 22.1. The van der Waals surface area contributed by atoms with Crippen LogP contribution in [0.2, 0.25) is 0 Å². The molecular formula is C23H28N2O5. The maximum absolute atomic E-state index is 12.7. The van der Waals surface area contributed by atoms with Gasteiger partial charge < -0.3 is 20.1 Å². The average molecular weight is 412 g/mol. The molecule has 0 unspecified atom stereocenters. The first-order chi connectivity index (χ1) is 14.3. The fraction of sp³-hybridized carbons (Fsp3) is 0.348. The first-order valence-electron chi connectivity index (χ1n) is 9.82. The number of carbonyl (C=O) groups excluding carboxylic acids is 3. The second-order valence-electron chi connectivity index (χ2n) is 7.03. The molecule has 2 aromatic rings. The lowest BCUT2D eigenvalue weighted by molar-refractivity contribution is -0.150. The smallest absolute Gasteiger partial charge is 0.314 e. The predicted octanol–water partition coefficient (Wildman–Crippen LogP) is 3.97. The van der Waals surface area contributed by atoms with E-state index >= 15 is 0 Å². The van der Waals surface area contributed by atoms with Crippen LogP contribution in [0.15, 0.2) is 48.5 Å². The number of nitrogens with one attached hydrogen (secondary N) is 2. The summed E-state index contributed by atoms with van der Waals surface area (Å²) < 4.78 is 10.6. The molecular weight excluding hydrogens is 384 g/mol. The van der Waals surface area contributed by atoms with Gasteiger partial charge in [0, 0.05) is 12.6 Å². The highest BCUT2D eigenvalue weighted by molar-refractivity contribution is 5.96. The monoisotopic (exact) mass is 412 g/mol. The molecule has 0 bridgehead atoms. The molecule has 2 aromatic carbocycles. The summed E-state index contributed by atoms with van der Waals surface area (Å²) in [7, 11) is 1.47. The summed E-state index contributed by atoms with van der Waals surface area (Å²) in [5.41, 5.74) is 1.74. The molecule has 30 heavy (non-hydrogen) atoms. The second kappa shape index (κ2) is 11.0. The molecule has 0 aliphatic heterocycles. The van der Waals surface area contributed by atoms with Gasteiger partial charge in [-0.05, 0) is 29.7 Å². The normalized spacial score (nSPS) is 12.4.